The quantitative estimate of drug-likeness (QED) is 0.928. The van der Waals surface area contributed by atoms with Crippen molar-refractivity contribution in [3.63, 3.8) is 0 Å². The van der Waals surface area contributed by atoms with E-state index in [2.05, 4.69) is 16.3 Å². The molecule has 1 fully saturated rings. The van der Waals surface area contributed by atoms with Crippen LogP contribution in [0.5, 0.6) is 5.75 Å². The summed E-state index contributed by atoms with van der Waals surface area (Å²) in [6.45, 7) is 1.56. The number of ether oxygens (including phenoxy) is 1. The Morgan fingerprint density at radius 3 is 2.71 bits per heavy atom. The number of rotatable bonds is 3. The number of halogens is 1. The Morgan fingerprint density at radius 2 is 2.14 bits per heavy atom. The Hall–Kier alpha value is -1.77. The average molecular weight is 308 g/mol. The van der Waals surface area contributed by atoms with Gasteiger partial charge in [-0.2, -0.15) is 5.26 Å². The van der Waals surface area contributed by atoms with Crippen LogP contribution in [-0.2, 0) is 0 Å². The van der Waals surface area contributed by atoms with Gasteiger partial charge in [0.05, 0.1) is 18.7 Å². The van der Waals surface area contributed by atoms with Crippen molar-refractivity contribution in [3.05, 3.63) is 28.8 Å². The number of nitrogens with zero attached hydrogens (tertiary/aromatic N) is 2. The van der Waals surface area contributed by atoms with E-state index in [1.807, 2.05) is 7.05 Å². The molecule has 1 aliphatic heterocycles. The minimum atomic E-state index is -0.822. The fourth-order valence-electron chi connectivity index (χ4n) is 2.41. The number of piperidine rings is 1. The molecular weight excluding hydrogens is 290 g/mol. The summed E-state index contributed by atoms with van der Waals surface area (Å²) in [4.78, 5) is 14.6. The Morgan fingerprint density at radius 1 is 1.48 bits per heavy atom. The molecule has 0 spiro atoms. The van der Waals surface area contributed by atoms with Crippen molar-refractivity contribution in [2.24, 2.45) is 0 Å². The van der Waals surface area contributed by atoms with Crippen LogP contribution in [0.4, 0.5) is 0 Å². The number of likely N-dealkylation sites (tertiary alicyclic amines) is 1. The Balaban J connectivity index is 2.21. The second kappa shape index (κ2) is 6.33. The maximum absolute atomic E-state index is 12.5. The molecule has 0 unspecified atom stereocenters. The molecule has 0 radical (unpaired) electrons. The van der Waals surface area contributed by atoms with Crippen LogP contribution in [0, 0.1) is 11.3 Å². The lowest BCUT2D eigenvalue weighted by atomic mass is 9.89. The smallest absolute Gasteiger partial charge is 0.256 e. The van der Waals surface area contributed by atoms with Crippen molar-refractivity contribution in [2.75, 3.05) is 27.2 Å². The van der Waals surface area contributed by atoms with Crippen LogP contribution in [0.2, 0.25) is 5.02 Å². The maximum Gasteiger partial charge on any atom is 0.256 e. The van der Waals surface area contributed by atoms with E-state index in [0.717, 1.165) is 13.1 Å². The summed E-state index contributed by atoms with van der Waals surface area (Å²) in [6, 6.07) is 7.11. The Labute approximate surface area is 129 Å². The van der Waals surface area contributed by atoms with Crippen LogP contribution < -0.4 is 10.1 Å². The van der Waals surface area contributed by atoms with Crippen molar-refractivity contribution < 1.29 is 9.53 Å². The predicted molar refractivity (Wildman–Crippen MR) is 80.5 cm³/mol. The summed E-state index contributed by atoms with van der Waals surface area (Å²) < 4.78 is 5.18. The Kier molecular flexibility index (Phi) is 4.71. The van der Waals surface area contributed by atoms with Crippen molar-refractivity contribution in [2.45, 2.75) is 18.4 Å². The summed E-state index contributed by atoms with van der Waals surface area (Å²) in [5.74, 6) is 0.110. The molecule has 21 heavy (non-hydrogen) atoms. The van der Waals surface area contributed by atoms with Gasteiger partial charge in [0.1, 0.15) is 11.3 Å². The van der Waals surface area contributed by atoms with Gasteiger partial charge in [-0.1, -0.05) is 11.6 Å². The normalized spacial score (nSPS) is 17.8. The minimum absolute atomic E-state index is 0.333. The summed E-state index contributed by atoms with van der Waals surface area (Å²) in [5.41, 5.74) is -0.477. The monoisotopic (exact) mass is 307 g/mol. The van der Waals surface area contributed by atoms with Gasteiger partial charge < -0.3 is 15.0 Å². The first-order valence-corrected chi connectivity index (χ1v) is 7.13. The molecule has 2 rings (SSSR count). The molecule has 0 aromatic heterocycles. The minimum Gasteiger partial charge on any atom is -0.496 e. The SMILES string of the molecule is COc1ccc(Cl)cc1C(=O)NC1(C#N)CCN(C)CC1. The first-order valence-electron chi connectivity index (χ1n) is 6.75. The third kappa shape index (κ3) is 3.46. The zero-order valence-corrected chi connectivity index (χ0v) is 12.9. The van der Waals surface area contributed by atoms with Crippen LogP contribution >= 0.6 is 11.6 Å². The third-order valence-corrected chi connectivity index (χ3v) is 4.05. The summed E-state index contributed by atoms with van der Waals surface area (Å²) in [5, 5.41) is 12.8. The standard InChI is InChI=1S/C15H18ClN3O2/c1-19-7-5-15(10-17,6-8-19)18-14(20)12-9-11(16)3-4-13(12)21-2/h3-4,9H,5-8H2,1-2H3,(H,18,20). The zero-order valence-electron chi connectivity index (χ0n) is 12.1. The van der Waals surface area contributed by atoms with Gasteiger partial charge in [0.2, 0.25) is 0 Å². The molecule has 112 valence electrons. The molecule has 5 nitrogen and oxygen atoms in total. The van der Waals surface area contributed by atoms with E-state index in [1.54, 1.807) is 18.2 Å². The van der Waals surface area contributed by atoms with Gasteiger partial charge in [-0.15, -0.1) is 0 Å². The number of carbonyl (C=O) groups excluding carboxylic acids is 1. The predicted octanol–water partition coefficient (Wildman–Crippen LogP) is 2.07. The molecule has 1 heterocycles. The molecule has 1 aliphatic rings. The number of benzene rings is 1. The molecule has 6 heteroatoms. The molecule has 0 saturated carbocycles. The number of carbonyl (C=O) groups is 1. The zero-order chi connectivity index (χ0) is 15.5. The number of hydrogen-bond acceptors (Lipinski definition) is 4. The van der Waals surface area contributed by atoms with Gasteiger partial charge in [-0.25, -0.2) is 0 Å². The van der Waals surface area contributed by atoms with E-state index >= 15 is 0 Å². The van der Waals surface area contributed by atoms with Crippen LogP contribution in [0.25, 0.3) is 0 Å². The number of amides is 1. The van der Waals surface area contributed by atoms with Crippen molar-refractivity contribution in [3.8, 4) is 11.8 Å². The maximum atomic E-state index is 12.5. The molecular formula is C15H18ClN3O2. The van der Waals surface area contributed by atoms with E-state index in [-0.39, 0.29) is 5.91 Å². The van der Waals surface area contributed by atoms with Crippen LogP contribution in [0.15, 0.2) is 18.2 Å². The van der Waals surface area contributed by atoms with Crippen molar-refractivity contribution >= 4 is 17.5 Å². The van der Waals surface area contributed by atoms with Gasteiger partial charge in [-0.05, 0) is 38.1 Å². The average Bonchev–Trinajstić information content (AvgIpc) is 2.49. The number of nitriles is 1. The molecule has 1 saturated heterocycles. The first kappa shape index (κ1) is 15.6. The van der Waals surface area contributed by atoms with E-state index in [4.69, 9.17) is 16.3 Å². The lowest BCUT2D eigenvalue weighted by Gasteiger charge is -2.36. The number of methoxy groups -OCH3 is 1. The molecule has 0 atom stereocenters. The highest BCUT2D eigenvalue weighted by molar-refractivity contribution is 6.31. The van der Waals surface area contributed by atoms with E-state index in [9.17, 15) is 10.1 Å². The fraction of sp³-hybridized carbons (Fsp3) is 0.467. The first-order chi connectivity index (χ1) is 9.99. The lowest BCUT2D eigenvalue weighted by Crippen LogP contribution is -2.53. The van der Waals surface area contributed by atoms with Crippen LogP contribution in [0.3, 0.4) is 0 Å². The molecule has 0 aliphatic carbocycles. The number of nitrogens with one attached hydrogen (secondary N) is 1. The van der Waals surface area contributed by atoms with Gasteiger partial charge in [0, 0.05) is 18.1 Å². The van der Waals surface area contributed by atoms with E-state index < -0.39 is 5.54 Å². The van der Waals surface area contributed by atoms with Crippen molar-refractivity contribution in [1.82, 2.24) is 10.2 Å². The van der Waals surface area contributed by atoms with E-state index in [1.165, 1.54) is 7.11 Å². The third-order valence-electron chi connectivity index (χ3n) is 3.81. The second-order valence-corrected chi connectivity index (χ2v) is 5.73. The fourth-order valence-corrected chi connectivity index (χ4v) is 2.58. The number of hydrogen-bond donors (Lipinski definition) is 1. The Bertz CT molecular complexity index is 575. The van der Waals surface area contributed by atoms with Crippen LogP contribution in [-0.4, -0.2) is 43.6 Å². The summed E-state index contributed by atoms with van der Waals surface area (Å²) in [6.07, 6.45) is 1.21. The molecule has 1 N–H and O–H groups in total. The van der Waals surface area contributed by atoms with Crippen molar-refractivity contribution in [1.29, 1.82) is 5.26 Å². The van der Waals surface area contributed by atoms with Gasteiger partial charge in [0.25, 0.3) is 5.91 Å². The second-order valence-electron chi connectivity index (χ2n) is 5.30. The highest BCUT2D eigenvalue weighted by atomic mass is 35.5. The molecule has 0 bridgehead atoms. The largest absolute Gasteiger partial charge is 0.496 e. The van der Waals surface area contributed by atoms with Gasteiger partial charge >= 0.3 is 0 Å². The molecule has 1 amide bonds. The molecule has 1 aromatic rings. The summed E-state index contributed by atoms with van der Waals surface area (Å²) in [7, 11) is 3.50. The van der Waals surface area contributed by atoms with Gasteiger partial charge in [-0.3, -0.25) is 4.79 Å². The highest BCUT2D eigenvalue weighted by Gasteiger charge is 2.36. The topological polar surface area (TPSA) is 65.4 Å². The van der Waals surface area contributed by atoms with Crippen LogP contribution in [0.1, 0.15) is 23.2 Å². The van der Waals surface area contributed by atoms with Gasteiger partial charge in [0.15, 0.2) is 0 Å². The van der Waals surface area contributed by atoms with E-state index in [0.29, 0.717) is 29.2 Å². The highest BCUT2D eigenvalue weighted by Crippen LogP contribution is 2.25. The lowest BCUT2D eigenvalue weighted by molar-refractivity contribution is 0.0879. The summed E-state index contributed by atoms with van der Waals surface area (Å²) >= 11 is 5.94. The molecule has 1 aromatic carbocycles.